The molecule has 0 aromatic heterocycles. The summed E-state index contributed by atoms with van der Waals surface area (Å²) in [6.45, 7) is 7.51. The fraction of sp³-hybridized carbons (Fsp3) is 0.417. The van der Waals surface area contributed by atoms with E-state index in [-0.39, 0.29) is 22.1 Å². The molecule has 2 aliphatic rings. The molecule has 1 fully saturated rings. The molecule has 0 spiro atoms. The average Bonchev–Trinajstić information content (AvgIpc) is 3.04. The standard InChI is InChI=1S/C24H29N3O4S/c1-24(2,3)17-9-10-20(31-4)19(15-17)25-23(28)16-11-13-27(14-12-16)22-18-7-5-6-8-21(18)32(29,30)26-22/h5-10,15-16H,11-14H2,1-4H3,(H,25,28). The zero-order valence-electron chi connectivity index (χ0n) is 18.9. The zero-order chi connectivity index (χ0) is 23.1. The first-order valence-corrected chi connectivity index (χ1v) is 12.2. The molecule has 1 amide bonds. The zero-order valence-corrected chi connectivity index (χ0v) is 19.7. The van der Waals surface area contributed by atoms with Gasteiger partial charge in [-0.15, -0.1) is 4.40 Å². The highest BCUT2D eigenvalue weighted by atomic mass is 32.2. The molecule has 2 aromatic rings. The third-order valence-electron chi connectivity index (χ3n) is 6.10. The molecule has 1 saturated heterocycles. The van der Waals surface area contributed by atoms with Gasteiger partial charge in [-0.05, 0) is 48.1 Å². The van der Waals surface area contributed by atoms with Crippen LogP contribution in [0.4, 0.5) is 5.69 Å². The summed E-state index contributed by atoms with van der Waals surface area (Å²) in [4.78, 5) is 15.2. The smallest absolute Gasteiger partial charge is 0.285 e. The number of hydrogen-bond donors (Lipinski definition) is 1. The first-order valence-electron chi connectivity index (χ1n) is 10.8. The van der Waals surface area contributed by atoms with Crippen LogP contribution in [0.25, 0.3) is 0 Å². The summed E-state index contributed by atoms with van der Waals surface area (Å²) >= 11 is 0. The molecule has 4 rings (SSSR count). The van der Waals surface area contributed by atoms with E-state index in [1.54, 1.807) is 25.3 Å². The number of methoxy groups -OCH3 is 1. The number of ether oxygens (including phenoxy) is 1. The Morgan fingerprint density at radius 1 is 1.12 bits per heavy atom. The number of sulfonamides is 1. The molecule has 0 aliphatic carbocycles. The Morgan fingerprint density at radius 3 is 2.47 bits per heavy atom. The van der Waals surface area contributed by atoms with Crippen molar-refractivity contribution in [1.82, 2.24) is 4.90 Å². The van der Waals surface area contributed by atoms with Crippen LogP contribution in [-0.4, -0.2) is 45.3 Å². The minimum Gasteiger partial charge on any atom is -0.495 e. The number of carbonyl (C=O) groups excluding carboxylic acids is 1. The van der Waals surface area contributed by atoms with Crippen LogP contribution in [0.1, 0.15) is 44.7 Å². The van der Waals surface area contributed by atoms with Gasteiger partial charge in [-0.3, -0.25) is 4.79 Å². The number of carbonyl (C=O) groups is 1. The van der Waals surface area contributed by atoms with Gasteiger partial charge in [0, 0.05) is 24.6 Å². The molecule has 1 N–H and O–H groups in total. The number of nitrogens with zero attached hydrogens (tertiary/aromatic N) is 2. The number of likely N-dealkylation sites (tertiary alicyclic amines) is 1. The second kappa shape index (κ2) is 8.24. The van der Waals surface area contributed by atoms with Crippen molar-refractivity contribution in [2.24, 2.45) is 10.3 Å². The van der Waals surface area contributed by atoms with Gasteiger partial charge in [0.2, 0.25) is 5.91 Å². The lowest BCUT2D eigenvalue weighted by atomic mass is 9.86. The van der Waals surface area contributed by atoms with Crippen molar-refractivity contribution in [3.63, 3.8) is 0 Å². The summed E-state index contributed by atoms with van der Waals surface area (Å²) in [7, 11) is -2.05. The van der Waals surface area contributed by atoms with Crippen LogP contribution in [0, 0.1) is 5.92 Å². The molecule has 32 heavy (non-hydrogen) atoms. The molecular formula is C24H29N3O4S. The summed E-state index contributed by atoms with van der Waals surface area (Å²) in [6, 6.07) is 12.8. The maximum absolute atomic E-state index is 13.0. The Kier molecular flexibility index (Phi) is 5.75. The topological polar surface area (TPSA) is 88.1 Å². The monoisotopic (exact) mass is 455 g/mol. The number of benzene rings is 2. The lowest BCUT2D eigenvalue weighted by Crippen LogP contribution is -2.41. The minimum absolute atomic E-state index is 0.0459. The number of piperidine rings is 1. The van der Waals surface area contributed by atoms with Gasteiger partial charge in [0.05, 0.1) is 12.8 Å². The van der Waals surface area contributed by atoms with Crippen LogP contribution in [-0.2, 0) is 20.2 Å². The normalized spacial score (nSPS) is 18.1. The van der Waals surface area contributed by atoms with Crippen molar-refractivity contribution < 1.29 is 17.9 Å². The Hall–Kier alpha value is -2.87. The maximum atomic E-state index is 13.0. The fourth-order valence-corrected chi connectivity index (χ4v) is 5.40. The van der Waals surface area contributed by atoms with E-state index in [9.17, 15) is 13.2 Å². The molecule has 0 radical (unpaired) electrons. The van der Waals surface area contributed by atoms with E-state index < -0.39 is 10.0 Å². The van der Waals surface area contributed by atoms with Crippen LogP contribution in [0.15, 0.2) is 51.8 Å². The van der Waals surface area contributed by atoms with Gasteiger partial charge < -0.3 is 15.0 Å². The molecule has 0 bridgehead atoms. The van der Waals surface area contributed by atoms with Crippen LogP contribution < -0.4 is 10.1 Å². The Bertz CT molecular complexity index is 1170. The summed E-state index contributed by atoms with van der Waals surface area (Å²) in [5.74, 6) is 0.906. The first-order chi connectivity index (χ1) is 15.1. The van der Waals surface area contributed by atoms with E-state index in [1.807, 2.05) is 29.2 Å². The van der Waals surface area contributed by atoms with Gasteiger partial charge in [0.1, 0.15) is 10.6 Å². The highest BCUT2D eigenvalue weighted by molar-refractivity contribution is 7.90. The summed E-state index contributed by atoms with van der Waals surface area (Å²) < 4.78 is 34.1. The number of nitrogens with one attached hydrogen (secondary N) is 1. The Morgan fingerprint density at radius 2 is 1.81 bits per heavy atom. The second-order valence-corrected chi connectivity index (χ2v) is 10.9. The SMILES string of the molecule is COc1ccc(C(C)(C)C)cc1NC(=O)C1CCN(C2=NS(=O)(=O)c3ccccc32)CC1. The van der Waals surface area contributed by atoms with Crippen LogP contribution in [0.3, 0.4) is 0 Å². The minimum atomic E-state index is -3.65. The molecule has 170 valence electrons. The summed E-state index contributed by atoms with van der Waals surface area (Å²) in [5, 5.41) is 3.05. The van der Waals surface area contributed by atoms with Gasteiger partial charge in [0.25, 0.3) is 10.0 Å². The van der Waals surface area contributed by atoms with E-state index >= 15 is 0 Å². The molecule has 0 saturated carbocycles. The number of amides is 1. The van der Waals surface area contributed by atoms with E-state index in [1.165, 1.54) is 0 Å². The molecule has 8 heteroatoms. The molecule has 7 nitrogen and oxygen atoms in total. The number of anilines is 1. The fourth-order valence-electron chi connectivity index (χ4n) is 4.18. The van der Waals surface area contributed by atoms with Crippen LogP contribution in [0.2, 0.25) is 0 Å². The lowest BCUT2D eigenvalue weighted by Gasteiger charge is -2.32. The van der Waals surface area contributed by atoms with Gasteiger partial charge in [0.15, 0.2) is 5.84 Å². The largest absolute Gasteiger partial charge is 0.495 e. The average molecular weight is 456 g/mol. The lowest BCUT2D eigenvalue weighted by molar-refractivity contribution is -0.121. The molecule has 2 heterocycles. The van der Waals surface area contributed by atoms with Crippen molar-refractivity contribution in [3.05, 3.63) is 53.6 Å². The van der Waals surface area contributed by atoms with E-state index in [0.717, 1.165) is 5.56 Å². The van der Waals surface area contributed by atoms with Crippen molar-refractivity contribution >= 4 is 27.5 Å². The molecule has 0 atom stereocenters. The number of hydrogen-bond acceptors (Lipinski definition) is 5. The van der Waals surface area contributed by atoms with Crippen molar-refractivity contribution in [2.75, 3.05) is 25.5 Å². The predicted octanol–water partition coefficient (Wildman–Crippen LogP) is 3.79. The van der Waals surface area contributed by atoms with E-state index in [0.29, 0.717) is 48.8 Å². The van der Waals surface area contributed by atoms with Gasteiger partial charge in [-0.25, -0.2) is 0 Å². The molecule has 2 aliphatic heterocycles. The summed E-state index contributed by atoms with van der Waals surface area (Å²) in [5.41, 5.74) is 2.38. The van der Waals surface area contributed by atoms with Crippen LogP contribution >= 0.6 is 0 Å². The van der Waals surface area contributed by atoms with E-state index in [2.05, 4.69) is 30.5 Å². The van der Waals surface area contributed by atoms with Gasteiger partial charge >= 0.3 is 0 Å². The predicted molar refractivity (Wildman–Crippen MR) is 125 cm³/mol. The first kappa shape index (κ1) is 22.3. The van der Waals surface area contributed by atoms with E-state index in [4.69, 9.17) is 4.74 Å². The number of fused-ring (bicyclic) bond motifs is 1. The third-order valence-corrected chi connectivity index (χ3v) is 7.43. The molecule has 0 unspecified atom stereocenters. The second-order valence-electron chi connectivity index (χ2n) is 9.30. The quantitative estimate of drug-likeness (QED) is 0.761. The van der Waals surface area contributed by atoms with Gasteiger partial charge in [-0.1, -0.05) is 39.0 Å². The summed E-state index contributed by atoms with van der Waals surface area (Å²) in [6.07, 6.45) is 1.24. The van der Waals surface area contributed by atoms with Crippen LogP contribution in [0.5, 0.6) is 5.75 Å². The molecular weight excluding hydrogens is 426 g/mol. The highest BCUT2D eigenvalue weighted by Crippen LogP contribution is 2.33. The highest BCUT2D eigenvalue weighted by Gasteiger charge is 2.34. The molecule has 2 aromatic carbocycles. The van der Waals surface area contributed by atoms with Crippen molar-refractivity contribution in [2.45, 2.75) is 43.9 Å². The Labute approximate surface area is 189 Å². The van der Waals surface area contributed by atoms with Crippen molar-refractivity contribution in [1.29, 1.82) is 0 Å². The number of rotatable bonds is 3. The maximum Gasteiger partial charge on any atom is 0.285 e. The number of amidine groups is 1. The van der Waals surface area contributed by atoms with Gasteiger partial charge in [-0.2, -0.15) is 8.42 Å². The third kappa shape index (κ3) is 4.24. The van der Waals surface area contributed by atoms with Crippen molar-refractivity contribution in [3.8, 4) is 5.75 Å². The Balaban J connectivity index is 1.45.